The topological polar surface area (TPSA) is 6.48 Å². The van der Waals surface area contributed by atoms with Gasteiger partial charge in [0.2, 0.25) is 0 Å². The van der Waals surface area contributed by atoms with Gasteiger partial charge < -0.3 is 4.90 Å². The molecule has 0 aromatic heterocycles. The fraction of sp³-hybridized carbons (Fsp3) is 0.600. The number of benzene rings is 1. The number of nitrogens with zero attached hydrogens (tertiary/aromatic N) is 2. The molecule has 2 nitrogen and oxygen atoms in total. The van der Waals surface area contributed by atoms with E-state index in [2.05, 4.69) is 54.0 Å². The number of aryl methyl sites for hydroxylation is 1. The lowest BCUT2D eigenvalue weighted by Crippen LogP contribution is -2.48. The molecule has 22 heavy (non-hydrogen) atoms. The van der Waals surface area contributed by atoms with Gasteiger partial charge in [-0.1, -0.05) is 24.3 Å². The standard InChI is InChI=1S/C20H28N2/c1-15-4-3-5-20(16(15)2)22-10-8-21(9-11-22)14-19-13-17-6-7-18(19)12-17/h3-7,17-19H,8-14H2,1-2H3/t17-,18-,19-/m0/s1. The first-order chi connectivity index (χ1) is 10.7. The maximum atomic E-state index is 2.71. The first kappa shape index (κ1) is 14.3. The number of fused-ring (bicyclic) bond motifs is 2. The maximum Gasteiger partial charge on any atom is 0.0399 e. The Labute approximate surface area is 134 Å². The molecule has 0 amide bonds. The molecular formula is C20H28N2. The summed E-state index contributed by atoms with van der Waals surface area (Å²) in [6, 6.07) is 6.71. The Kier molecular flexibility index (Phi) is 3.73. The van der Waals surface area contributed by atoms with Gasteiger partial charge in [0.1, 0.15) is 0 Å². The Hall–Kier alpha value is -1.28. The average molecular weight is 296 g/mol. The Bertz CT molecular complexity index is 569. The van der Waals surface area contributed by atoms with E-state index in [1.54, 1.807) is 0 Å². The number of allylic oxidation sites excluding steroid dienone is 2. The largest absolute Gasteiger partial charge is 0.369 e. The monoisotopic (exact) mass is 296 g/mol. The van der Waals surface area contributed by atoms with Gasteiger partial charge in [-0.3, -0.25) is 4.90 Å². The van der Waals surface area contributed by atoms with Crippen molar-refractivity contribution in [2.24, 2.45) is 17.8 Å². The third-order valence-electron chi connectivity index (χ3n) is 6.20. The van der Waals surface area contributed by atoms with Gasteiger partial charge in [0, 0.05) is 38.4 Å². The lowest BCUT2D eigenvalue weighted by molar-refractivity contribution is 0.204. The minimum absolute atomic E-state index is 0.891. The molecule has 2 fully saturated rings. The summed E-state index contributed by atoms with van der Waals surface area (Å²) in [6.07, 6.45) is 7.83. The number of piperazine rings is 1. The number of anilines is 1. The van der Waals surface area contributed by atoms with Crippen LogP contribution in [0.15, 0.2) is 30.4 Å². The molecule has 0 radical (unpaired) electrons. The second kappa shape index (κ2) is 5.73. The van der Waals surface area contributed by atoms with Gasteiger partial charge in [0.05, 0.1) is 0 Å². The quantitative estimate of drug-likeness (QED) is 0.786. The Morgan fingerprint density at radius 3 is 2.50 bits per heavy atom. The Morgan fingerprint density at radius 1 is 1.00 bits per heavy atom. The van der Waals surface area contributed by atoms with Crippen LogP contribution in [-0.2, 0) is 0 Å². The number of rotatable bonds is 3. The first-order valence-corrected chi connectivity index (χ1v) is 8.92. The highest BCUT2D eigenvalue weighted by atomic mass is 15.3. The van der Waals surface area contributed by atoms with E-state index < -0.39 is 0 Å². The fourth-order valence-corrected chi connectivity index (χ4v) is 4.69. The Morgan fingerprint density at radius 2 is 1.82 bits per heavy atom. The van der Waals surface area contributed by atoms with Gasteiger partial charge in [0.15, 0.2) is 0 Å². The summed E-state index contributed by atoms with van der Waals surface area (Å²) in [5.74, 6) is 2.73. The molecule has 2 aliphatic carbocycles. The molecule has 1 heterocycles. The van der Waals surface area contributed by atoms with E-state index in [0.29, 0.717) is 0 Å². The predicted octanol–water partition coefficient (Wildman–Crippen LogP) is 3.64. The van der Waals surface area contributed by atoms with Crippen LogP contribution in [-0.4, -0.2) is 37.6 Å². The molecule has 3 aliphatic rings. The Balaban J connectivity index is 1.35. The fourth-order valence-electron chi connectivity index (χ4n) is 4.69. The molecule has 2 bridgehead atoms. The van der Waals surface area contributed by atoms with Crippen molar-refractivity contribution in [3.8, 4) is 0 Å². The zero-order valence-corrected chi connectivity index (χ0v) is 14.0. The molecule has 2 heteroatoms. The van der Waals surface area contributed by atoms with E-state index in [9.17, 15) is 0 Å². The molecule has 1 saturated carbocycles. The highest BCUT2D eigenvalue weighted by Gasteiger charge is 2.36. The third kappa shape index (κ3) is 2.58. The SMILES string of the molecule is Cc1cccc(N2CCN(C[C@@H]3C[C@H]4C=C[C@H]3C4)CC2)c1C. The number of hydrogen-bond donors (Lipinski definition) is 0. The van der Waals surface area contributed by atoms with E-state index in [-0.39, 0.29) is 0 Å². The molecule has 4 rings (SSSR count). The first-order valence-electron chi connectivity index (χ1n) is 8.92. The van der Waals surface area contributed by atoms with Crippen molar-refractivity contribution < 1.29 is 0 Å². The zero-order chi connectivity index (χ0) is 15.1. The van der Waals surface area contributed by atoms with Crippen LogP contribution in [0, 0.1) is 31.6 Å². The van der Waals surface area contributed by atoms with Gasteiger partial charge in [-0.05, 0) is 61.6 Å². The van der Waals surface area contributed by atoms with Gasteiger partial charge in [-0.2, -0.15) is 0 Å². The van der Waals surface area contributed by atoms with E-state index in [0.717, 1.165) is 17.8 Å². The third-order valence-corrected chi connectivity index (χ3v) is 6.20. The van der Waals surface area contributed by atoms with Crippen molar-refractivity contribution in [1.29, 1.82) is 0 Å². The molecule has 3 atom stereocenters. The minimum Gasteiger partial charge on any atom is -0.369 e. The van der Waals surface area contributed by atoms with Crippen molar-refractivity contribution in [2.45, 2.75) is 26.7 Å². The lowest BCUT2D eigenvalue weighted by atomic mass is 9.93. The van der Waals surface area contributed by atoms with Crippen LogP contribution in [0.25, 0.3) is 0 Å². The van der Waals surface area contributed by atoms with Crippen LogP contribution in [0.3, 0.4) is 0 Å². The van der Waals surface area contributed by atoms with Crippen molar-refractivity contribution in [2.75, 3.05) is 37.6 Å². The van der Waals surface area contributed by atoms with Crippen molar-refractivity contribution in [1.82, 2.24) is 4.90 Å². The van der Waals surface area contributed by atoms with Gasteiger partial charge in [0.25, 0.3) is 0 Å². The lowest BCUT2D eigenvalue weighted by Gasteiger charge is -2.38. The van der Waals surface area contributed by atoms with Gasteiger partial charge in [-0.25, -0.2) is 0 Å². The van der Waals surface area contributed by atoms with Crippen LogP contribution in [0.5, 0.6) is 0 Å². The molecule has 118 valence electrons. The molecule has 0 unspecified atom stereocenters. The normalized spacial score (nSPS) is 31.2. The molecule has 0 spiro atoms. The molecule has 1 aromatic carbocycles. The second-order valence-corrected chi connectivity index (χ2v) is 7.55. The zero-order valence-electron chi connectivity index (χ0n) is 14.0. The highest BCUT2D eigenvalue weighted by Crippen LogP contribution is 2.43. The molecular weight excluding hydrogens is 268 g/mol. The summed E-state index contributed by atoms with van der Waals surface area (Å²) < 4.78 is 0. The smallest absolute Gasteiger partial charge is 0.0399 e. The summed E-state index contributed by atoms with van der Waals surface area (Å²) in [4.78, 5) is 5.29. The average Bonchev–Trinajstić information content (AvgIpc) is 3.14. The van der Waals surface area contributed by atoms with Crippen molar-refractivity contribution in [3.05, 3.63) is 41.5 Å². The highest BCUT2D eigenvalue weighted by molar-refractivity contribution is 5.56. The number of hydrogen-bond acceptors (Lipinski definition) is 2. The molecule has 1 aromatic rings. The summed E-state index contributed by atoms with van der Waals surface area (Å²) in [5, 5.41) is 0. The van der Waals surface area contributed by atoms with Crippen molar-refractivity contribution in [3.63, 3.8) is 0 Å². The van der Waals surface area contributed by atoms with Crippen LogP contribution >= 0.6 is 0 Å². The van der Waals surface area contributed by atoms with E-state index in [4.69, 9.17) is 0 Å². The molecule has 1 saturated heterocycles. The van der Waals surface area contributed by atoms with Crippen LogP contribution < -0.4 is 4.90 Å². The van der Waals surface area contributed by atoms with Crippen LogP contribution in [0.4, 0.5) is 5.69 Å². The van der Waals surface area contributed by atoms with E-state index in [1.165, 1.54) is 62.4 Å². The van der Waals surface area contributed by atoms with E-state index >= 15 is 0 Å². The van der Waals surface area contributed by atoms with Crippen molar-refractivity contribution >= 4 is 5.69 Å². The minimum atomic E-state index is 0.891. The maximum absolute atomic E-state index is 2.71. The van der Waals surface area contributed by atoms with Crippen LogP contribution in [0.2, 0.25) is 0 Å². The van der Waals surface area contributed by atoms with E-state index in [1.807, 2.05) is 0 Å². The van der Waals surface area contributed by atoms with Gasteiger partial charge in [-0.15, -0.1) is 0 Å². The predicted molar refractivity (Wildman–Crippen MR) is 93.4 cm³/mol. The summed E-state index contributed by atoms with van der Waals surface area (Å²) in [7, 11) is 0. The summed E-state index contributed by atoms with van der Waals surface area (Å²) >= 11 is 0. The molecule has 0 N–H and O–H groups in total. The second-order valence-electron chi connectivity index (χ2n) is 7.55. The molecule has 1 aliphatic heterocycles. The summed E-state index contributed by atoms with van der Waals surface area (Å²) in [5.41, 5.74) is 4.31. The summed E-state index contributed by atoms with van der Waals surface area (Å²) in [6.45, 7) is 10.6. The van der Waals surface area contributed by atoms with Crippen LogP contribution in [0.1, 0.15) is 24.0 Å². The van der Waals surface area contributed by atoms with Gasteiger partial charge >= 0.3 is 0 Å².